The summed E-state index contributed by atoms with van der Waals surface area (Å²) >= 11 is 3.22. The van der Waals surface area contributed by atoms with E-state index in [4.69, 9.17) is 0 Å². The minimum absolute atomic E-state index is 0.0781. The van der Waals surface area contributed by atoms with Crippen LogP contribution in [0.15, 0.2) is 57.9 Å². The zero-order valence-corrected chi connectivity index (χ0v) is 14.9. The van der Waals surface area contributed by atoms with Crippen molar-refractivity contribution in [3.8, 4) is 0 Å². The second-order valence-electron chi connectivity index (χ2n) is 4.94. The lowest BCUT2D eigenvalue weighted by molar-refractivity contribution is -0.123. The van der Waals surface area contributed by atoms with Gasteiger partial charge in [0.05, 0.1) is 4.90 Å². The molecular formula is C15H12BrF3N2O3S. The molecule has 1 amide bonds. The van der Waals surface area contributed by atoms with Crippen molar-refractivity contribution >= 4 is 37.5 Å². The lowest BCUT2D eigenvalue weighted by Crippen LogP contribution is -2.33. The van der Waals surface area contributed by atoms with Crippen LogP contribution in [0.5, 0.6) is 0 Å². The van der Waals surface area contributed by atoms with Crippen molar-refractivity contribution in [1.82, 2.24) is 5.32 Å². The first-order chi connectivity index (χ1) is 11.6. The Morgan fingerprint density at radius 1 is 1.08 bits per heavy atom. The van der Waals surface area contributed by atoms with E-state index < -0.39 is 28.7 Å². The molecule has 0 saturated heterocycles. The maximum atomic E-state index is 12.3. The van der Waals surface area contributed by atoms with Crippen LogP contribution in [-0.4, -0.2) is 27.0 Å². The highest BCUT2D eigenvalue weighted by Crippen LogP contribution is 2.20. The van der Waals surface area contributed by atoms with Crippen LogP contribution in [0, 0.1) is 0 Å². The number of carbonyl (C=O) groups is 1. The van der Waals surface area contributed by atoms with Crippen LogP contribution < -0.4 is 10.0 Å². The van der Waals surface area contributed by atoms with Crippen LogP contribution >= 0.6 is 15.9 Å². The number of hydrogen-bond acceptors (Lipinski definition) is 3. The molecule has 2 aromatic rings. The summed E-state index contributed by atoms with van der Waals surface area (Å²) in [4.78, 5) is 11.5. The summed E-state index contributed by atoms with van der Waals surface area (Å²) in [6.45, 7) is -1.46. The summed E-state index contributed by atoms with van der Waals surface area (Å²) in [6, 6.07) is 11.1. The summed E-state index contributed by atoms with van der Waals surface area (Å²) in [5.74, 6) is -0.943. The molecule has 0 aliphatic carbocycles. The second kappa shape index (κ2) is 7.44. The first-order valence-corrected chi connectivity index (χ1v) is 9.08. The van der Waals surface area contributed by atoms with Gasteiger partial charge < -0.3 is 5.32 Å². The minimum atomic E-state index is -4.52. The number of benzene rings is 2. The van der Waals surface area contributed by atoms with E-state index in [1.807, 2.05) is 0 Å². The van der Waals surface area contributed by atoms with Crippen LogP contribution in [0.25, 0.3) is 0 Å². The number of halogens is 4. The van der Waals surface area contributed by atoms with Crippen LogP contribution in [-0.2, 0) is 10.0 Å². The Balaban J connectivity index is 2.11. The second-order valence-corrected chi connectivity index (χ2v) is 7.54. The van der Waals surface area contributed by atoms with Crippen LogP contribution in [0.4, 0.5) is 18.9 Å². The predicted octanol–water partition coefficient (Wildman–Crippen LogP) is 3.54. The summed E-state index contributed by atoms with van der Waals surface area (Å²) in [5.41, 5.74) is 0.257. The Morgan fingerprint density at radius 2 is 1.72 bits per heavy atom. The molecule has 5 nitrogen and oxygen atoms in total. The van der Waals surface area contributed by atoms with E-state index in [0.29, 0.717) is 10.2 Å². The van der Waals surface area contributed by atoms with E-state index in [1.165, 1.54) is 0 Å². The number of nitrogens with one attached hydrogen (secondary N) is 2. The number of sulfonamides is 1. The molecule has 0 aliphatic heterocycles. The van der Waals surface area contributed by atoms with E-state index in [-0.39, 0.29) is 10.5 Å². The molecule has 0 aromatic heterocycles. The first-order valence-electron chi connectivity index (χ1n) is 6.80. The molecule has 134 valence electrons. The highest BCUT2D eigenvalue weighted by molar-refractivity contribution is 9.10. The van der Waals surface area contributed by atoms with Crippen molar-refractivity contribution in [3.05, 3.63) is 58.6 Å². The Morgan fingerprint density at radius 3 is 2.28 bits per heavy atom. The maximum Gasteiger partial charge on any atom is 0.405 e. The molecule has 10 heteroatoms. The van der Waals surface area contributed by atoms with Gasteiger partial charge in [-0.3, -0.25) is 9.52 Å². The summed E-state index contributed by atoms with van der Waals surface area (Å²) in [6.07, 6.45) is -4.52. The first kappa shape index (κ1) is 19.3. The third-order valence-electron chi connectivity index (χ3n) is 2.95. The van der Waals surface area contributed by atoms with Crippen molar-refractivity contribution in [1.29, 1.82) is 0 Å². The van der Waals surface area contributed by atoms with Gasteiger partial charge in [-0.1, -0.05) is 22.0 Å². The van der Waals surface area contributed by atoms with Gasteiger partial charge in [-0.2, -0.15) is 13.2 Å². The van der Waals surface area contributed by atoms with Gasteiger partial charge in [0.2, 0.25) is 0 Å². The van der Waals surface area contributed by atoms with Gasteiger partial charge in [0.1, 0.15) is 6.54 Å². The van der Waals surface area contributed by atoms with E-state index >= 15 is 0 Å². The third kappa shape index (κ3) is 5.75. The largest absolute Gasteiger partial charge is 0.405 e. The number of carbonyl (C=O) groups excluding carboxylic acids is 1. The number of hydrogen-bond donors (Lipinski definition) is 2. The summed E-state index contributed by atoms with van der Waals surface area (Å²) < 4.78 is 63.8. The lowest BCUT2D eigenvalue weighted by Gasteiger charge is -2.10. The Labute approximate surface area is 150 Å². The topological polar surface area (TPSA) is 75.3 Å². The lowest BCUT2D eigenvalue weighted by atomic mass is 10.2. The highest BCUT2D eigenvalue weighted by Gasteiger charge is 2.28. The van der Waals surface area contributed by atoms with E-state index in [0.717, 1.165) is 24.3 Å². The van der Waals surface area contributed by atoms with Gasteiger partial charge >= 0.3 is 6.18 Å². The van der Waals surface area contributed by atoms with Crippen molar-refractivity contribution in [2.45, 2.75) is 11.1 Å². The molecule has 0 spiro atoms. The fraction of sp³-hybridized carbons (Fsp3) is 0.133. The van der Waals surface area contributed by atoms with Crippen molar-refractivity contribution in [2.75, 3.05) is 11.3 Å². The molecule has 0 saturated carbocycles. The average molecular weight is 437 g/mol. The molecule has 0 heterocycles. The standard InChI is InChI=1S/C15H12BrF3N2O3S/c16-11-2-1-3-12(8-11)21-25(23,24)13-6-4-10(5-7-13)14(22)20-9-15(17,18)19/h1-8,21H,9H2,(H,20,22). The Kier molecular flexibility index (Phi) is 5.73. The van der Waals surface area contributed by atoms with Gasteiger partial charge in [0.15, 0.2) is 0 Å². The van der Waals surface area contributed by atoms with Crippen LogP contribution in [0.2, 0.25) is 0 Å². The molecule has 0 atom stereocenters. The van der Waals surface area contributed by atoms with Gasteiger partial charge in [0, 0.05) is 15.7 Å². The zero-order chi connectivity index (χ0) is 18.7. The number of rotatable bonds is 5. The normalized spacial score (nSPS) is 11.8. The van der Waals surface area contributed by atoms with Gasteiger partial charge in [-0.15, -0.1) is 0 Å². The van der Waals surface area contributed by atoms with E-state index in [9.17, 15) is 26.4 Å². The molecule has 0 unspecified atom stereocenters. The molecule has 0 radical (unpaired) electrons. The number of amides is 1. The molecule has 2 aromatic carbocycles. The summed E-state index contributed by atoms with van der Waals surface area (Å²) in [5, 5.41) is 1.71. The molecule has 0 aliphatic rings. The number of anilines is 1. The predicted molar refractivity (Wildman–Crippen MR) is 89.8 cm³/mol. The Hall–Kier alpha value is -2.07. The fourth-order valence-corrected chi connectivity index (χ4v) is 3.28. The quantitative estimate of drug-likeness (QED) is 0.752. The maximum absolute atomic E-state index is 12.3. The highest BCUT2D eigenvalue weighted by atomic mass is 79.9. The SMILES string of the molecule is O=C(NCC(F)(F)F)c1ccc(S(=O)(=O)Nc2cccc(Br)c2)cc1. The molecule has 0 fully saturated rings. The van der Waals surface area contributed by atoms with Gasteiger partial charge in [-0.05, 0) is 42.5 Å². The van der Waals surface area contributed by atoms with Crippen molar-refractivity contribution in [3.63, 3.8) is 0 Å². The Bertz CT molecular complexity index is 868. The average Bonchev–Trinajstić information content (AvgIpc) is 2.51. The molecular weight excluding hydrogens is 425 g/mol. The van der Waals surface area contributed by atoms with E-state index in [2.05, 4.69) is 20.7 Å². The molecule has 25 heavy (non-hydrogen) atoms. The molecule has 2 N–H and O–H groups in total. The third-order valence-corrected chi connectivity index (χ3v) is 4.84. The fourth-order valence-electron chi connectivity index (χ4n) is 1.83. The van der Waals surface area contributed by atoms with Crippen molar-refractivity contribution < 1.29 is 26.4 Å². The number of alkyl halides is 3. The van der Waals surface area contributed by atoms with E-state index in [1.54, 1.807) is 29.6 Å². The summed E-state index contributed by atoms with van der Waals surface area (Å²) in [7, 11) is -3.89. The van der Waals surface area contributed by atoms with Gasteiger partial charge in [-0.25, -0.2) is 8.42 Å². The van der Waals surface area contributed by atoms with Crippen LogP contribution in [0.3, 0.4) is 0 Å². The van der Waals surface area contributed by atoms with Crippen molar-refractivity contribution in [2.24, 2.45) is 0 Å². The smallest absolute Gasteiger partial charge is 0.343 e. The minimum Gasteiger partial charge on any atom is -0.343 e. The monoisotopic (exact) mass is 436 g/mol. The molecule has 2 rings (SSSR count). The molecule has 0 bridgehead atoms. The zero-order valence-electron chi connectivity index (χ0n) is 12.5. The van der Waals surface area contributed by atoms with Crippen LogP contribution in [0.1, 0.15) is 10.4 Å². The van der Waals surface area contributed by atoms with Gasteiger partial charge in [0.25, 0.3) is 15.9 Å².